The number of hydrogen-bond donors (Lipinski definition) is 3. The molecule has 9 unspecified atom stereocenters. The van der Waals surface area contributed by atoms with Crippen molar-refractivity contribution in [1.82, 2.24) is 5.32 Å². The maximum absolute atomic E-state index is 13.3. The Balaban J connectivity index is 1.48. The second-order valence-electron chi connectivity index (χ2n) is 9.98. The number of benzene rings is 1. The molecule has 9 atom stereocenters. The molecule has 1 saturated carbocycles. The minimum Gasteiger partial charge on any atom is -0.461 e. The largest absolute Gasteiger partial charge is 0.461 e. The van der Waals surface area contributed by atoms with E-state index in [1.165, 1.54) is 6.92 Å². The molecular weight excluding hydrogens is 631 g/mol. The van der Waals surface area contributed by atoms with E-state index in [1.807, 2.05) is 0 Å². The Kier molecular flexibility index (Phi) is 13.7. The lowest BCUT2D eigenvalue weighted by molar-refractivity contribution is -0.147. The van der Waals surface area contributed by atoms with Gasteiger partial charge in [-0.05, 0) is 78.7 Å². The number of carbonyl (C=O) groups is 2. The minimum absolute atomic E-state index is 0.0791. The van der Waals surface area contributed by atoms with Crippen molar-refractivity contribution in [3.8, 4) is 11.5 Å². The Morgan fingerprint density at radius 3 is 2.41 bits per heavy atom. The van der Waals surface area contributed by atoms with Crippen molar-refractivity contribution in [2.75, 3.05) is 23.7 Å². The number of hydrogen-bond acceptors (Lipinski definition) is 14. The fraction of sp³-hybridized carbons (Fsp3) is 0.615. The molecule has 1 aromatic rings. The fourth-order valence-corrected chi connectivity index (χ4v) is 6.26. The van der Waals surface area contributed by atoms with Crippen LogP contribution in [0.3, 0.4) is 0 Å². The second kappa shape index (κ2) is 17.0. The van der Waals surface area contributed by atoms with Gasteiger partial charge in [-0.3, -0.25) is 9.59 Å². The molecule has 2 aliphatic heterocycles. The number of carbonyl (C=O) groups excluding carboxylic acids is 2. The molecule has 2 saturated heterocycles. The summed E-state index contributed by atoms with van der Waals surface area (Å²) in [6.45, 7) is 2.93. The van der Waals surface area contributed by atoms with Gasteiger partial charge in [0.05, 0.1) is 29.6 Å². The maximum Gasteiger partial charge on any atom is 0.247 e. The quantitative estimate of drug-likeness (QED) is 0.137. The molecule has 3 fully saturated rings. The number of aliphatic hydroxyl groups excluding tert-OH is 2. The predicted octanol–water partition coefficient (Wildman–Crippen LogP) is 0.606. The van der Waals surface area contributed by atoms with Crippen molar-refractivity contribution in [3.63, 3.8) is 0 Å². The average molecular weight is 663 g/mol. The summed E-state index contributed by atoms with van der Waals surface area (Å²) in [6, 6.07) is 3.99. The van der Waals surface area contributed by atoms with Gasteiger partial charge in [0.2, 0.25) is 12.2 Å². The summed E-state index contributed by atoms with van der Waals surface area (Å²) in [5, 5.41) is 24.2. The third kappa shape index (κ3) is 8.72. The molecule has 18 heteroatoms. The first-order valence-electron chi connectivity index (χ1n) is 13.7. The van der Waals surface area contributed by atoms with Crippen molar-refractivity contribution in [3.05, 3.63) is 29.3 Å². The molecule has 4 rings (SSSR count). The number of Topliss-reactive ketones (excluding diaryl/α,β-unsaturated/α-hetero) is 1. The maximum atomic E-state index is 13.3. The van der Waals surface area contributed by atoms with Crippen molar-refractivity contribution in [1.29, 1.82) is 0 Å². The van der Waals surface area contributed by atoms with Gasteiger partial charge >= 0.3 is 0 Å². The predicted molar refractivity (Wildman–Crippen MR) is 168 cm³/mol. The smallest absolute Gasteiger partial charge is 0.247 e. The molecule has 0 bridgehead atoms. The summed E-state index contributed by atoms with van der Waals surface area (Å²) < 4.78 is 39.9. The van der Waals surface area contributed by atoms with Crippen molar-refractivity contribution in [2.45, 2.75) is 75.3 Å². The number of fused-ring (bicyclic) bond motifs is 1. The van der Waals surface area contributed by atoms with Crippen molar-refractivity contribution >= 4 is 77.4 Å². The van der Waals surface area contributed by atoms with E-state index < -0.39 is 61.0 Å². The van der Waals surface area contributed by atoms with Crippen LogP contribution in [0.5, 0.6) is 11.5 Å². The molecule has 12 nitrogen and oxygen atoms in total. The third-order valence-electron chi connectivity index (χ3n) is 7.03. The SMILES string of the molecule is [B]CSOc1cc(/C=C(\C)C(=O)NC2C(O)C(O)C3OCOC3C2OSC[B])ccc1OC1CC(OSC[B])C(C(C)=O)O1. The van der Waals surface area contributed by atoms with E-state index in [9.17, 15) is 19.8 Å². The number of ketones is 1. The van der Waals surface area contributed by atoms with Crippen molar-refractivity contribution < 1.29 is 51.3 Å². The van der Waals surface area contributed by atoms with Gasteiger partial charge in [0, 0.05) is 24.0 Å². The fourth-order valence-electron chi connectivity index (χ4n) is 5.03. The Bertz CT molecular complexity index is 1170. The van der Waals surface area contributed by atoms with Crippen LogP contribution in [0, 0.1) is 0 Å². The van der Waals surface area contributed by atoms with Gasteiger partial charge in [-0.1, -0.05) is 6.07 Å². The Morgan fingerprint density at radius 2 is 1.70 bits per heavy atom. The summed E-state index contributed by atoms with van der Waals surface area (Å²) in [5.74, 6) is -0.0679. The molecule has 3 aliphatic rings. The van der Waals surface area contributed by atoms with Crippen LogP contribution in [0.4, 0.5) is 0 Å². The zero-order valence-electron chi connectivity index (χ0n) is 24.1. The molecule has 1 amide bonds. The first-order valence-corrected chi connectivity index (χ1v) is 16.4. The summed E-state index contributed by atoms with van der Waals surface area (Å²) >= 11 is 2.96. The van der Waals surface area contributed by atoms with E-state index in [0.29, 0.717) is 17.1 Å². The van der Waals surface area contributed by atoms with Gasteiger partial charge in [-0.2, -0.15) is 0 Å². The molecule has 2 heterocycles. The third-order valence-corrected chi connectivity index (χ3v) is 8.47. The van der Waals surface area contributed by atoms with Gasteiger partial charge in [0.25, 0.3) is 0 Å². The Labute approximate surface area is 273 Å². The zero-order chi connectivity index (χ0) is 31.8. The lowest BCUT2D eigenvalue weighted by Crippen LogP contribution is -2.67. The van der Waals surface area contributed by atoms with E-state index in [-0.39, 0.29) is 41.5 Å². The molecule has 3 N–H and O–H groups in total. The van der Waals surface area contributed by atoms with Crippen molar-refractivity contribution in [2.24, 2.45) is 0 Å². The molecular formula is C26H32B3NO11S3. The number of rotatable bonds is 15. The van der Waals surface area contributed by atoms with Crippen LogP contribution in [0.15, 0.2) is 23.8 Å². The molecule has 1 aliphatic carbocycles. The molecule has 44 heavy (non-hydrogen) atoms. The highest BCUT2D eigenvalue weighted by molar-refractivity contribution is 7.96. The summed E-state index contributed by atoms with van der Waals surface area (Å²) in [7, 11) is 16.7. The summed E-state index contributed by atoms with van der Waals surface area (Å²) in [4.78, 5) is 25.3. The van der Waals surface area contributed by atoms with Gasteiger partial charge < -0.3 is 47.0 Å². The van der Waals surface area contributed by atoms with Crippen LogP contribution in [0.1, 0.15) is 25.8 Å². The molecule has 0 aromatic heterocycles. The van der Waals surface area contributed by atoms with Gasteiger partial charge in [0.15, 0.2) is 17.3 Å². The van der Waals surface area contributed by atoms with E-state index in [2.05, 4.69) is 5.32 Å². The van der Waals surface area contributed by atoms with Gasteiger partial charge in [-0.25, -0.2) is 0 Å². The van der Waals surface area contributed by atoms with Crippen LogP contribution in [0.25, 0.3) is 6.08 Å². The highest BCUT2D eigenvalue weighted by atomic mass is 32.2. The average Bonchev–Trinajstić information content (AvgIpc) is 3.66. The molecule has 1 aromatic carbocycles. The monoisotopic (exact) mass is 663 g/mol. The summed E-state index contributed by atoms with van der Waals surface area (Å²) in [6.07, 6.45) is -5.27. The number of amides is 1. The van der Waals surface area contributed by atoms with Crippen LogP contribution in [0.2, 0.25) is 0 Å². The highest BCUT2D eigenvalue weighted by Crippen LogP contribution is 2.37. The van der Waals surface area contributed by atoms with Gasteiger partial charge in [0.1, 0.15) is 49.5 Å². The standard InChI is InChI=1S/C26H32B3NO11S3/c1-12(26(34)30-19-20(32)21(33)24-25(36-11-35-24)23(19)41-44-10-29)5-14-3-4-15(16(6-14)39-42-8-27)37-18-7-17(40-43-9-28)22(38-18)13(2)31/h3-6,17-25,32-33H,7-11H2,1-2H3,(H,30,34)/b12-5+. The van der Waals surface area contributed by atoms with Gasteiger partial charge in [-0.15, -0.1) is 0 Å². The number of ether oxygens (including phenoxy) is 4. The Hall–Kier alpha value is -1.34. The van der Waals surface area contributed by atoms with Crippen LogP contribution >= 0.6 is 36.1 Å². The van der Waals surface area contributed by atoms with Crippen LogP contribution < -0.4 is 14.2 Å². The van der Waals surface area contributed by atoms with E-state index >= 15 is 0 Å². The molecule has 0 spiro atoms. The lowest BCUT2D eigenvalue weighted by Gasteiger charge is -2.43. The molecule has 234 valence electrons. The summed E-state index contributed by atoms with van der Waals surface area (Å²) in [5.41, 5.74) is 1.40. The number of nitrogens with one attached hydrogen (secondary N) is 1. The first kappa shape index (κ1) is 35.5. The number of aliphatic hydroxyl groups is 2. The van der Waals surface area contributed by atoms with E-state index in [4.69, 9.17) is 55.0 Å². The second-order valence-corrected chi connectivity index (χ2v) is 12.2. The highest BCUT2D eigenvalue weighted by Gasteiger charge is 2.55. The molecule has 6 radical (unpaired) electrons. The lowest BCUT2D eigenvalue weighted by atomic mass is 9.83. The van der Waals surface area contributed by atoms with Crippen LogP contribution in [-0.4, -0.2) is 124 Å². The normalized spacial score (nSPS) is 31.8. The van der Waals surface area contributed by atoms with E-state index in [1.54, 1.807) is 31.2 Å². The minimum atomic E-state index is -1.39. The zero-order valence-corrected chi connectivity index (χ0v) is 26.5. The topological polar surface area (TPSA) is 151 Å². The Morgan fingerprint density at radius 1 is 1.00 bits per heavy atom. The van der Waals surface area contributed by atoms with Crippen LogP contribution in [-0.2, 0) is 32.2 Å². The first-order chi connectivity index (χ1) is 21.2. The van der Waals surface area contributed by atoms with E-state index in [0.717, 1.165) is 36.1 Å².